The smallest absolute Gasteiger partial charge is 0.305 e. The van der Waals surface area contributed by atoms with E-state index in [0.29, 0.717) is 25.9 Å². The molecule has 0 spiro atoms. The van der Waals surface area contributed by atoms with Gasteiger partial charge >= 0.3 is 5.97 Å². The van der Waals surface area contributed by atoms with Crippen LogP contribution in [0.25, 0.3) is 0 Å². The Balaban J connectivity index is 3.31. The van der Waals surface area contributed by atoms with Crippen LogP contribution in [0, 0.1) is 0 Å². The van der Waals surface area contributed by atoms with Crippen LogP contribution in [0.1, 0.15) is 348 Å². The Kier molecular flexibility index (Phi) is 58.5. The van der Waals surface area contributed by atoms with Crippen molar-refractivity contribution in [3.8, 4) is 0 Å². The summed E-state index contributed by atoms with van der Waals surface area (Å²) >= 11 is 0. The van der Waals surface area contributed by atoms with E-state index >= 15 is 0 Å². The largest absolute Gasteiger partial charge is 0.466 e. The van der Waals surface area contributed by atoms with Crippen LogP contribution in [0.15, 0.2) is 24.3 Å². The SMILES string of the molecule is CCC/C=C\C/C=C\CCCCCCCC(=O)OCCCCCCCCCCCCCCCCCCCCCCCCCCCCCCCC(=O)NC(CO)C(O)CCCCCCCCCCCCC. The summed E-state index contributed by atoms with van der Waals surface area (Å²) in [7, 11) is 0. The molecule has 6 nitrogen and oxygen atoms in total. The molecule has 2 unspecified atom stereocenters. The van der Waals surface area contributed by atoms with E-state index in [-0.39, 0.29) is 18.5 Å². The molecule has 0 aromatic heterocycles. The number of carbonyl (C=O) groups excluding carboxylic acids is 2. The van der Waals surface area contributed by atoms with Crippen molar-refractivity contribution in [3.63, 3.8) is 0 Å². The summed E-state index contributed by atoms with van der Waals surface area (Å²) in [6.45, 7) is 4.89. The highest BCUT2D eigenvalue weighted by Gasteiger charge is 2.20. The molecule has 0 aliphatic carbocycles. The van der Waals surface area contributed by atoms with Gasteiger partial charge in [-0.2, -0.15) is 0 Å². The summed E-state index contributed by atoms with van der Waals surface area (Å²) in [5.41, 5.74) is 0. The third kappa shape index (κ3) is 55.7. The monoisotopic (exact) mass is 986 g/mol. The van der Waals surface area contributed by atoms with Crippen molar-refractivity contribution < 1.29 is 24.5 Å². The maximum Gasteiger partial charge on any atom is 0.305 e. The van der Waals surface area contributed by atoms with Gasteiger partial charge in [-0.25, -0.2) is 0 Å². The average Bonchev–Trinajstić information content (AvgIpc) is 3.36. The van der Waals surface area contributed by atoms with Crippen LogP contribution < -0.4 is 5.32 Å². The zero-order valence-corrected chi connectivity index (χ0v) is 47.3. The molecule has 0 aliphatic rings. The predicted octanol–water partition coefficient (Wildman–Crippen LogP) is 19.8. The average molecular weight is 987 g/mol. The standard InChI is InChI=1S/C64H123NO5/c1-3-5-7-9-11-13-15-33-38-42-46-50-54-58-64(69)70-59-55-51-47-43-39-35-32-30-28-26-24-22-20-18-16-17-19-21-23-25-27-29-31-34-37-41-45-49-53-57-63(68)65-61(60-66)62(67)56-52-48-44-40-36-14-12-10-8-6-4-2/h7,9,13,15,61-62,66-67H,3-6,8,10-12,14,16-60H2,1-2H3,(H,65,68)/b9-7-,15-13-. The molecule has 0 rings (SSSR count). The third-order valence-corrected chi connectivity index (χ3v) is 14.7. The van der Waals surface area contributed by atoms with Gasteiger partial charge in [0, 0.05) is 12.8 Å². The van der Waals surface area contributed by atoms with E-state index in [9.17, 15) is 19.8 Å². The van der Waals surface area contributed by atoms with E-state index in [0.717, 1.165) is 51.4 Å². The minimum atomic E-state index is -0.660. The second kappa shape index (κ2) is 59.9. The lowest BCUT2D eigenvalue weighted by atomic mass is 10.0. The molecule has 0 heterocycles. The summed E-state index contributed by atoms with van der Waals surface area (Å²) < 4.78 is 5.47. The van der Waals surface area contributed by atoms with Gasteiger partial charge in [0.25, 0.3) is 0 Å². The van der Waals surface area contributed by atoms with Crippen molar-refractivity contribution in [1.82, 2.24) is 5.32 Å². The van der Waals surface area contributed by atoms with Crippen molar-refractivity contribution in [3.05, 3.63) is 24.3 Å². The van der Waals surface area contributed by atoms with E-state index in [4.69, 9.17) is 4.74 Å². The van der Waals surface area contributed by atoms with Crippen LogP contribution in [-0.2, 0) is 14.3 Å². The lowest BCUT2D eigenvalue weighted by molar-refractivity contribution is -0.143. The van der Waals surface area contributed by atoms with Crippen LogP contribution in [0.5, 0.6) is 0 Å². The van der Waals surface area contributed by atoms with E-state index in [1.165, 1.54) is 263 Å². The van der Waals surface area contributed by atoms with Crippen LogP contribution in [0.2, 0.25) is 0 Å². The zero-order chi connectivity index (χ0) is 50.7. The maximum atomic E-state index is 12.4. The maximum absolute atomic E-state index is 12.4. The van der Waals surface area contributed by atoms with Gasteiger partial charge in [0.15, 0.2) is 0 Å². The minimum Gasteiger partial charge on any atom is -0.466 e. The van der Waals surface area contributed by atoms with Gasteiger partial charge in [0.05, 0.1) is 25.4 Å². The number of hydrogen-bond acceptors (Lipinski definition) is 5. The molecular weight excluding hydrogens is 863 g/mol. The first-order valence-corrected chi connectivity index (χ1v) is 31.6. The molecule has 3 N–H and O–H groups in total. The number of rotatable bonds is 59. The van der Waals surface area contributed by atoms with Gasteiger partial charge < -0.3 is 20.3 Å². The molecule has 0 aromatic rings. The molecule has 0 saturated carbocycles. The molecule has 0 bridgehead atoms. The minimum absolute atomic E-state index is 0.00421. The number of allylic oxidation sites excluding steroid dienone is 4. The first-order chi connectivity index (χ1) is 34.5. The van der Waals surface area contributed by atoms with Gasteiger partial charge in [-0.1, -0.05) is 308 Å². The first kappa shape index (κ1) is 68.3. The van der Waals surface area contributed by atoms with E-state index in [2.05, 4.69) is 43.5 Å². The molecule has 414 valence electrons. The molecule has 0 radical (unpaired) electrons. The number of amides is 1. The van der Waals surface area contributed by atoms with Gasteiger partial charge in [-0.05, 0) is 51.4 Å². The Morgan fingerprint density at radius 1 is 0.400 bits per heavy atom. The van der Waals surface area contributed by atoms with Gasteiger partial charge in [-0.3, -0.25) is 9.59 Å². The number of nitrogens with one attached hydrogen (secondary N) is 1. The van der Waals surface area contributed by atoms with Crippen LogP contribution in [-0.4, -0.2) is 47.4 Å². The Labute approximate surface area is 437 Å². The fourth-order valence-corrected chi connectivity index (χ4v) is 9.92. The van der Waals surface area contributed by atoms with Gasteiger partial charge in [-0.15, -0.1) is 0 Å². The van der Waals surface area contributed by atoms with E-state index in [1.54, 1.807) is 0 Å². The molecular formula is C64H123NO5. The summed E-state index contributed by atoms with van der Waals surface area (Å²) in [6.07, 6.45) is 73.5. The van der Waals surface area contributed by atoms with Crippen molar-refractivity contribution in [2.45, 2.75) is 360 Å². The molecule has 70 heavy (non-hydrogen) atoms. The van der Waals surface area contributed by atoms with E-state index < -0.39 is 12.1 Å². The summed E-state index contributed by atoms with van der Waals surface area (Å²) in [6, 6.07) is -0.537. The van der Waals surface area contributed by atoms with Gasteiger partial charge in [0.2, 0.25) is 5.91 Å². The quantitative estimate of drug-likeness (QED) is 0.0321. The fraction of sp³-hybridized carbons (Fsp3) is 0.906. The second-order valence-corrected chi connectivity index (χ2v) is 21.7. The van der Waals surface area contributed by atoms with Gasteiger partial charge in [0.1, 0.15) is 0 Å². The number of aliphatic hydroxyl groups excluding tert-OH is 2. The highest BCUT2D eigenvalue weighted by Crippen LogP contribution is 2.18. The van der Waals surface area contributed by atoms with Crippen molar-refractivity contribution in [2.24, 2.45) is 0 Å². The lowest BCUT2D eigenvalue weighted by Crippen LogP contribution is -2.45. The highest BCUT2D eigenvalue weighted by molar-refractivity contribution is 5.76. The molecule has 6 heteroatoms. The molecule has 0 aromatic carbocycles. The Hall–Kier alpha value is -1.66. The fourth-order valence-electron chi connectivity index (χ4n) is 9.92. The van der Waals surface area contributed by atoms with Crippen molar-refractivity contribution in [2.75, 3.05) is 13.2 Å². The second-order valence-electron chi connectivity index (χ2n) is 21.7. The normalized spacial score (nSPS) is 12.7. The summed E-state index contributed by atoms with van der Waals surface area (Å²) in [5, 5.41) is 23.2. The molecule has 0 aliphatic heterocycles. The summed E-state index contributed by atoms with van der Waals surface area (Å²) in [5.74, 6) is -0.0270. The Bertz CT molecular complexity index is 1090. The number of unbranched alkanes of at least 4 members (excludes halogenated alkanes) is 44. The number of esters is 1. The van der Waals surface area contributed by atoms with E-state index in [1.807, 2.05) is 0 Å². The summed E-state index contributed by atoms with van der Waals surface area (Å²) in [4.78, 5) is 24.5. The van der Waals surface area contributed by atoms with Crippen LogP contribution in [0.4, 0.5) is 0 Å². The van der Waals surface area contributed by atoms with Crippen LogP contribution in [0.3, 0.4) is 0 Å². The lowest BCUT2D eigenvalue weighted by Gasteiger charge is -2.22. The predicted molar refractivity (Wildman–Crippen MR) is 306 cm³/mol. The molecule has 1 amide bonds. The number of aliphatic hydroxyl groups is 2. The first-order valence-electron chi connectivity index (χ1n) is 31.6. The zero-order valence-electron chi connectivity index (χ0n) is 47.3. The van der Waals surface area contributed by atoms with Crippen molar-refractivity contribution >= 4 is 11.9 Å². The number of hydrogen-bond donors (Lipinski definition) is 3. The number of ether oxygens (including phenoxy) is 1. The van der Waals surface area contributed by atoms with Crippen molar-refractivity contribution in [1.29, 1.82) is 0 Å². The molecule has 2 atom stereocenters. The molecule has 0 saturated heterocycles. The highest BCUT2D eigenvalue weighted by atomic mass is 16.5. The topological polar surface area (TPSA) is 95.9 Å². The Morgan fingerprint density at radius 2 is 0.743 bits per heavy atom. The third-order valence-electron chi connectivity index (χ3n) is 14.7. The Morgan fingerprint density at radius 3 is 1.14 bits per heavy atom. The number of carbonyl (C=O) groups is 2. The molecule has 0 fully saturated rings. The van der Waals surface area contributed by atoms with Crippen LogP contribution >= 0.6 is 0 Å².